The molecule has 0 aliphatic carbocycles. The number of hydrogen-bond donors (Lipinski definition) is 0. The summed E-state index contributed by atoms with van der Waals surface area (Å²) >= 11 is 0. The van der Waals surface area contributed by atoms with Crippen LogP contribution in [0.3, 0.4) is 0 Å². The average Bonchev–Trinajstić information content (AvgIpc) is 3.32. The summed E-state index contributed by atoms with van der Waals surface area (Å²) in [5, 5.41) is 4.07. The molecule has 5 rings (SSSR count). The molecule has 0 unspecified atom stereocenters. The summed E-state index contributed by atoms with van der Waals surface area (Å²) in [5.41, 5.74) is 4.57. The highest BCUT2D eigenvalue weighted by Crippen LogP contribution is 2.31. The maximum Gasteiger partial charge on any atom is 0.258 e. The number of benzene rings is 3. The van der Waals surface area contributed by atoms with Gasteiger partial charge in [-0.05, 0) is 60.7 Å². The molecule has 0 atom stereocenters. The maximum absolute atomic E-state index is 14.7. The number of halogens is 1. The van der Waals surface area contributed by atoms with E-state index in [1.807, 2.05) is 48.5 Å². The van der Waals surface area contributed by atoms with E-state index in [-0.39, 0.29) is 5.82 Å². The molecular formula is C28H28FN3O. The van der Waals surface area contributed by atoms with Gasteiger partial charge in [0.1, 0.15) is 5.82 Å². The van der Waals surface area contributed by atoms with Crippen LogP contribution in [0, 0.1) is 11.2 Å². The molecule has 0 spiro atoms. The van der Waals surface area contributed by atoms with Crippen molar-refractivity contribution in [3.8, 4) is 34.0 Å². The molecule has 2 heterocycles. The zero-order valence-electron chi connectivity index (χ0n) is 19.1. The number of rotatable bonds is 5. The van der Waals surface area contributed by atoms with Crippen LogP contribution in [-0.4, -0.2) is 28.1 Å². The minimum absolute atomic E-state index is 0.310. The average molecular weight is 442 g/mol. The monoisotopic (exact) mass is 441 g/mol. The van der Waals surface area contributed by atoms with Crippen molar-refractivity contribution in [2.45, 2.75) is 33.2 Å². The normalized spacial score (nSPS) is 16.1. The molecule has 3 aromatic carbocycles. The molecule has 33 heavy (non-hydrogen) atoms. The van der Waals surface area contributed by atoms with Crippen LogP contribution >= 0.6 is 0 Å². The maximum atomic E-state index is 14.7. The summed E-state index contributed by atoms with van der Waals surface area (Å²) in [6.45, 7) is 7.94. The lowest BCUT2D eigenvalue weighted by atomic mass is 9.82. The molecular weight excluding hydrogens is 413 g/mol. The van der Waals surface area contributed by atoms with E-state index < -0.39 is 0 Å². The van der Waals surface area contributed by atoms with Crippen LogP contribution in [0.1, 0.15) is 32.3 Å². The number of aromatic nitrogens is 2. The molecule has 4 nitrogen and oxygen atoms in total. The summed E-state index contributed by atoms with van der Waals surface area (Å²) in [6, 6.07) is 22.8. The lowest BCUT2D eigenvalue weighted by Crippen LogP contribution is -2.36. The lowest BCUT2D eigenvalue weighted by molar-refractivity contribution is 0.127. The molecule has 0 amide bonds. The predicted molar refractivity (Wildman–Crippen MR) is 129 cm³/mol. The molecule has 1 saturated heterocycles. The van der Waals surface area contributed by atoms with Gasteiger partial charge in [0.15, 0.2) is 0 Å². The first-order valence-electron chi connectivity index (χ1n) is 11.5. The molecule has 0 bridgehead atoms. The Balaban J connectivity index is 1.28. The minimum Gasteiger partial charge on any atom is -0.334 e. The lowest BCUT2D eigenvalue weighted by Gasteiger charge is -2.36. The molecule has 1 aromatic heterocycles. The second-order valence-electron chi connectivity index (χ2n) is 9.62. The van der Waals surface area contributed by atoms with Crippen molar-refractivity contribution in [1.29, 1.82) is 0 Å². The summed E-state index contributed by atoms with van der Waals surface area (Å²) in [6.07, 6.45) is 2.48. The van der Waals surface area contributed by atoms with Crippen LogP contribution in [0.5, 0.6) is 0 Å². The van der Waals surface area contributed by atoms with E-state index in [9.17, 15) is 4.39 Å². The smallest absolute Gasteiger partial charge is 0.258 e. The topological polar surface area (TPSA) is 42.2 Å². The van der Waals surface area contributed by atoms with Crippen molar-refractivity contribution >= 4 is 0 Å². The highest BCUT2D eigenvalue weighted by atomic mass is 19.1. The highest BCUT2D eigenvalue weighted by Gasteiger charge is 2.25. The van der Waals surface area contributed by atoms with E-state index in [4.69, 9.17) is 4.52 Å². The Morgan fingerprint density at radius 3 is 2.27 bits per heavy atom. The van der Waals surface area contributed by atoms with Crippen molar-refractivity contribution in [3.63, 3.8) is 0 Å². The summed E-state index contributed by atoms with van der Waals surface area (Å²) < 4.78 is 20.2. The van der Waals surface area contributed by atoms with Crippen LogP contribution in [0.25, 0.3) is 34.0 Å². The highest BCUT2D eigenvalue weighted by molar-refractivity contribution is 5.69. The van der Waals surface area contributed by atoms with Crippen LogP contribution in [0.4, 0.5) is 4.39 Å². The first kappa shape index (κ1) is 21.5. The molecule has 0 N–H and O–H groups in total. The quantitative estimate of drug-likeness (QED) is 0.340. The Hall–Kier alpha value is -3.31. The molecule has 0 saturated carbocycles. The largest absolute Gasteiger partial charge is 0.334 e. The molecule has 5 heteroatoms. The zero-order valence-corrected chi connectivity index (χ0v) is 19.1. The fraction of sp³-hybridized carbons (Fsp3) is 0.286. The van der Waals surface area contributed by atoms with E-state index >= 15 is 0 Å². The summed E-state index contributed by atoms with van der Waals surface area (Å²) in [4.78, 5) is 7.01. The van der Waals surface area contributed by atoms with Gasteiger partial charge < -0.3 is 4.52 Å². The van der Waals surface area contributed by atoms with E-state index in [1.165, 1.54) is 24.5 Å². The van der Waals surface area contributed by atoms with Crippen LogP contribution in [0.15, 0.2) is 77.3 Å². The number of nitrogens with zero attached hydrogens (tertiary/aromatic N) is 3. The third kappa shape index (κ3) is 4.88. The Morgan fingerprint density at radius 2 is 1.58 bits per heavy atom. The Bertz CT molecular complexity index is 1220. The standard InChI is InChI=1S/C28H28FN3O/c1-28(2)14-16-32(17-15-28)19-20-8-10-22(11-9-20)27-30-26(31-33-27)23-12-13-24(25(29)18-23)21-6-4-3-5-7-21/h3-13,18H,14-17,19H2,1-2H3. The first-order valence-corrected chi connectivity index (χ1v) is 11.5. The fourth-order valence-corrected chi connectivity index (χ4v) is 4.29. The van der Waals surface area contributed by atoms with Gasteiger partial charge in [0, 0.05) is 23.2 Å². The number of piperidine rings is 1. The van der Waals surface area contributed by atoms with Gasteiger partial charge in [-0.1, -0.05) is 73.6 Å². The van der Waals surface area contributed by atoms with Crippen molar-refractivity contribution < 1.29 is 8.91 Å². The van der Waals surface area contributed by atoms with Gasteiger partial charge in [0.25, 0.3) is 5.89 Å². The van der Waals surface area contributed by atoms with Gasteiger partial charge >= 0.3 is 0 Å². The Morgan fingerprint density at radius 1 is 0.879 bits per heavy atom. The third-order valence-electron chi connectivity index (χ3n) is 6.55. The summed E-state index contributed by atoms with van der Waals surface area (Å²) in [7, 11) is 0. The van der Waals surface area contributed by atoms with Gasteiger partial charge in [0.05, 0.1) is 0 Å². The van der Waals surface area contributed by atoms with Crippen molar-refractivity contribution in [2.75, 3.05) is 13.1 Å². The fourth-order valence-electron chi connectivity index (χ4n) is 4.29. The third-order valence-corrected chi connectivity index (χ3v) is 6.55. The molecule has 0 radical (unpaired) electrons. The van der Waals surface area contributed by atoms with Crippen molar-refractivity contribution in [2.24, 2.45) is 5.41 Å². The van der Waals surface area contributed by atoms with E-state index in [0.717, 1.165) is 30.8 Å². The van der Waals surface area contributed by atoms with E-state index in [2.05, 4.69) is 41.0 Å². The Labute approximate surface area is 194 Å². The molecule has 168 valence electrons. The van der Waals surface area contributed by atoms with Crippen LogP contribution in [0.2, 0.25) is 0 Å². The zero-order chi connectivity index (χ0) is 22.8. The molecule has 1 aliphatic heterocycles. The van der Waals surface area contributed by atoms with Crippen LogP contribution in [-0.2, 0) is 6.54 Å². The van der Waals surface area contributed by atoms with Gasteiger partial charge in [-0.25, -0.2) is 4.39 Å². The van der Waals surface area contributed by atoms with Crippen molar-refractivity contribution in [1.82, 2.24) is 15.0 Å². The molecule has 1 fully saturated rings. The predicted octanol–water partition coefficient (Wildman–Crippen LogP) is 6.83. The van der Waals surface area contributed by atoms with E-state index in [1.54, 1.807) is 6.07 Å². The summed E-state index contributed by atoms with van der Waals surface area (Å²) in [5.74, 6) is 0.503. The minimum atomic E-state index is -0.310. The van der Waals surface area contributed by atoms with Gasteiger partial charge in [-0.15, -0.1) is 0 Å². The number of hydrogen-bond acceptors (Lipinski definition) is 4. The van der Waals surface area contributed by atoms with Crippen LogP contribution < -0.4 is 0 Å². The second kappa shape index (κ2) is 8.91. The van der Waals surface area contributed by atoms with Gasteiger partial charge in [0.2, 0.25) is 5.82 Å². The molecule has 4 aromatic rings. The first-order chi connectivity index (χ1) is 16.0. The van der Waals surface area contributed by atoms with Crippen molar-refractivity contribution in [3.05, 3.63) is 84.2 Å². The Kier molecular flexibility index (Phi) is 5.81. The van der Waals surface area contributed by atoms with Gasteiger partial charge in [-0.3, -0.25) is 4.90 Å². The van der Waals surface area contributed by atoms with E-state index in [0.29, 0.717) is 28.3 Å². The number of likely N-dealkylation sites (tertiary alicyclic amines) is 1. The second-order valence-corrected chi connectivity index (χ2v) is 9.62. The SMILES string of the molecule is CC1(C)CCN(Cc2ccc(-c3nc(-c4ccc(-c5ccccc5)c(F)c4)no3)cc2)CC1. The molecule has 1 aliphatic rings. The van der Waals surface area contributed by atoms with Gasteiger partial charge in [-0.2, -0.15) is 4.98 Å².